The minimum absolute atomic E-state index is 0.0826. The van der Waals surface area contributed by atoms with Crippen LogP contribution < -0.4 is 9.86 Å². The molecule has 0 heterocycles. The fourth-order valence-electron chi connectivity index (χ4n) is 2.64. The monoisotopic (exact) mass is 332 g/mol. The van der Waals surface area contributed by atoms with Gasteiger partial charge in [0.15, 0.2) is 0 Å². The molecule has 1 aromatic carbocycles. The molecular formula is C13H20N2O4S2. The van der Waals surface area contributed by atoms with E-state index in [1.807, 2.05) is 6.92 Å². The minimum atomic E-state index is -3.93. The normalized spacial score (nSPS) is 19.3. The predicted molar refractivity (Wildman–Crippen MR) is 79.6 cm³/mol. The standard InChI is InChI=1S/C13H20N2O4S2/c1-13(8-3-2-4-9-13)15-21(18,19)12-7-5-6-11(10-12)20(14,16)17/h5-7,10,15H,2-4,8-9H2,1H3,(H2,14,16,17). The van der Waals surface area contributed by atoms with E-state index >= 15 is 0 Å². The smallest absolute Gasteiger partial charge is 0.225 e. The molecule has 21 heavy (non-hydrogen) atoms. The maximum absolute atomic E-state index is 12.4. The van der Waals surface area contributed by atoms with Gasteiger partial charge in [0.25, 0.3) is 0 Å². The number of hydrogen-bond acceptors (Lipinski definition) is 4. The van der Waals surface area contributed by atoms with Crippen LogP contribution in [0.25, 0.3) is 0 Å². The SMILES string of the molecule is CC1(NS(=O)(=O)c2cccc(S(N)(=O)=O)c2)CCCCC1. The van der Waals surface area contributed by atoms with Crippen molar-refractivity contribution in [1.82, 2.24) is 4.72 Å². The topological polar surface area (TPSA) is 106 Å². The number of benzene rings is 1. The molecule has 6 nitrogen and oxygen atoms in total. The van der Waals surface area contributed by atoms with Crippen molar-refractivity contribution in [1.29, 1.82) is 0 Å². The summed E-state index contributed by atoms with van der Waals surface area (Å²) in [5, 5.41) is 5.04. The van der Waals surface area contributed by atoms with Gasteiger partial charge in [0.2, 0.25) is 20.0 Å². The zero-order valence-corrected chi connectivity index (χ0v) is 13.5. The number of rotatable bonds is 4. The zero-order chi connectivity index (χ0) is 15.7. The van der Waals surface area contributed by atoms with E-state index < -0.39 is 25.6 Å². The van der Waals surface area contributed by atoms with Crippen molar-refractivity contribution in [3.05, 3.63) is 24.3 Å². The third kappa shape index (κ3) is 4.03. The molecule has 1 saturated carbocycles. The van der Waals surface area contributed by atoms with Crippen molar-refractivity contribution < 1.29 is 16.8 Å². The first-order chi connectivity index (χ1) is 9.62. The van der Waals surface area contributed by atoms with Crippen molar-refractivity contribution in [3.63, 3.8) is 0 Å². The molecule has 2 rings (SSSR count). The first-order valence-corrected chi connectivity index (χ1v) is 9.82. The van der Waals surface area contributed by atoms with E-state index in [0.29, 0.717) is 0 Å². The van der Waals surface area contributed by atoms with Crippen LogP contribution in [-0.2, 0) is 20.0 Å². The lowest BCUT2D eigenvalue weighted by Gasteiger charge is -2.34. The van der Waals surface area contributed by atoms with E-state index in [-0.39, 0.29) is 9.79 Å². The van der Waals surface area contributed by atoms with Gasteiger partial charge in [0.1, 0.15) is 0 Å². The maximum atomic E-state index is 12.4. The average Bonchev–Trinajstić information content (AvgIpc) is 2.37. The van der Waals surface area contributed by atoms with Crippen molar-refractivity contribution in [2.75, 3.05) is 0 Å². The zero-order valence-electron chi connectivity index (χ0n) is 11.9. The van der Waals surface area contributed by atoms with Gasteiger partial charge < -0.3 is 0 Å². The second-order valence-corrected chi connectivity index (χ2v) is 8.99. The highest BCUT2D eigenvalue weighted by Gasteiger charge is 2.32. The summed E-state index contributed by atoms with van der Waals surface area (Å²) in [7, 11) is -7.70. The number of sulfonamides is 2. The Labute approximate surface area is 125 Å². The molecule has 0 bridgehead atoms. The summed E-state index contributed by atoms with van der Waals surface area (Å²) in [5.41, 5.74) is -0.478. The second-order valence-electron chi connectivity index (χ2n) is 5.75. The van der Waals surface area contributed by atoms with Crippen LogP contribution in [0.15, 0.2) is 34.1 Å². The summed E-state index contributed by atoms with van der Waals surface area (Å²) in [6.45, 7) is 1.88. The van der Waals surface area contributed by atoms with Crippen LogP contribution >= 0.6 is 0 Å². The lowest BCUT2D eigenvalue weighted by Crippen LogP contribution is -2.47. The highest BCUT2D eigenvalue weighted by Crippen LogP contribution is 2.29. The van der Waals surface area contributed by atoms with Gasteiger partial charge >= 0.3 is 0 Å². The van der Waals surface area contributed by atoms with Gasteiger partial charge in [0, 0.05) is 5.54 Å². The van der Waals surface area contributed by atoms with Gasteiger partial charge in [-0.1, -0.05) is 25.3 Å². The molecule has 1 fully saturated rings. The van der Waals surface area contributed by atoms with Gasteiger partial charge in [-0.15, -0.1) is 0 Å². The van der Waals surface area contributed by atoms with Gasteiger partial charge in [-0.3, -0.25) is 0 Å². The van der Waals surface area contributed by atoms with Crippen molar-refractivity contribution in [3.8, 4) is 0 Å². The first-order valence-electron chi connectivity index (χ1n) is 6.79. The Kier molecular flexibility index (Phi) is 4.44. The molecule has 0 atom stereocenters. The van der Waals surface area contributed by atoms with Crippen LogP contribution in [0.5, 0.6) is 0 Å². The Bertz CT molecular complexity index is 720. The highest BCUT2D eigenvalue weighted by atomic mass is 32.2. The largest absolute Gasteiger partial charge is 0.241 e. The quantitative estimate of drug-likeness (QED) is 0.867. The molecular weight excluding hydrogens is 312 g/mol. The van der Waals surface area contributed by atoms with Crippen LogP contribution in [-0.4, -0.2) is 22.4 Å². The van der Waals surface area contributed by atoms with E-state index in [4.69, 9.17) is 5.14 Å². The van der Waals surface area contributed by atoms with Crippen molar-refractivity contribution in [2.24, 2.45) is 5.14 Å². The van der Waals surface area contributed by atoms with E-state index in [1.54, 1.807) is 0 Å². The summed E-state index contributed by atoms with van der Waals surface area (Å²) in [6.07, 6.45) is 4.63. The molecule has 3 N–H and O–H groups in total. The second kappa shape index (κ2) is 5.68. The summed E-state index contributed by atoms with van der Waals surface area (Å²) < 4.78 is 50.2. The molecule has 0 spiro atoms. The number of nitrogens with one attached hydrogen (secondary N) is 1. The number of nitrogens with two attached hydrogens (primary N) is 1. The molecule has 0 saturated heterocycles. The lowest BCUT2D eigenvalue weighted by atomic mass is 9.84. The number of hydrogen-bond donors (Lipinski definition) is 2. The van der Waals surface area contributed by atoms with E-state index in [1.165, 1.54) is 18.2 Å². The van der Waals surface area contributed by atoms with Crippen LogP contribution in [0.1, 0.15) is 39.0 Å². The molecule has 0 aromatic heterocycles. The minimum Gasteiger partial charge on any atom is -0.225 e. The van der Waals surface area contributed by atoms with Crippen molar-refractivity contribution >= 4 is 20.0 Å². The van der Waals surface area contributed by atoms with Crippen LogP contribution in [0.3, 0.4) is 0 Å². The Morgan fingerprint density at radius 3 is 2.19 bits per heavy atom. The predicted octanol–water partition coefficient (Wildman–Crippen LogP) is 1.34. The summed E-state index contributed by atoms with van der Waals surface area (Å²) >= 11 is 0. The van der Waals surface area contributed by atoms with E-state index in [2.05, 4.69) is 4.72 Å². The van der Waals surface area contributed by atoms with Gasteiger partial charge in [0.05, 0.1) is 9.79 Å². The molecule has 1 aliphatic rings. The Morgan fingerprint density at radius 1 is 1.05 bits per heavy atom. The van der Waals surface area contributed by atoms with Gasteiger partial charge in [-0.2, -0.15) is 0 Å². The number of primary sulfonamides is 1. The van der Waals surface area contributed by atoms with E-state index in [0.717, 1.165) is 38.2 Å². The van der Waals surface area contributed by atoms with Crippen LogP contribution in [0, 0.1) is 0 Å². The third-order valence-electron chi connectivity index (χ3n) is 3.78. The Hall–Kier alpha value is -0.960. The molecule has 1 aliphatic carbocycles. The molecule has 1 aromatic rings. The van der Waals surface area contributed by atoms with Crippen molar-refractivity contribution in [2.45, 2.75) is 54.4 Å². The Balaban J connectivity index is 2.32. The fourth-order valence-corrected chi connectivity index (χ4v) is 4.78. The van der Waals surface area contributed by atoms with Crippen LogP contribution in [0.2, 0.25) is 0 Å². The lowest BCUT2D eigenvalue weighted by molar-refractivity contribution is 0.294. The Morgan fingerprint density at radius 2 is 1.62 bits per heavy atom. The maximum Gasteiger partial charge on any atom is 0.241 e. The third-order valence-corrected chi connectivity index (χ3v) is 6.33. The van der Waals surface area contributed by atoms with Gasteiger partial charge in [-0.05, 0) is 38.0 Å². The average molecular weight is 332 g/mol. The first kappa shape index (κ1) is 16.4. The molecule has 118 valence electrons. The summed E-state index contributed by atoms with van der Waals surface area (Å²) in [4.78, 5) is -0.292. The molecule has 0 radical (unpaired) electrons. The van der Waals surface area contributed by atoms with E-state index in [9.17, 15) is 16.8 Å². The molecule has 8 heteroatoms. The highest BCUT2D eigenvalue weighted by molar-refractivity contribution is 7.90. The molecule has 0 aliphatic heterocycles. The molecule has 0 unspecified atom stereocenters. The molecule has 0 amide bonds. The fraction of sp³-hybridized carbons (Fsp3) is 0.538. The summed E-state index contributed by atoms with van der Waals surface area (Å²) in [6, 6.07) is 5.10. The van der Waals surface area contributed by atoms with Crippen LogP contribution in [0.4, 0.5) is 0 Å². The van der Waals surface area contributed by atoms with Gasteiger partial charge in [-0.25, -0.2) is 26.7 Å². The summed E-state index contributed by atoms with van der Waals surface area (Å²) in [5.74, 6) is 0.